The average molecular weight is 650 g/mol. The van der Waals surface area contributed by atoms with Gasteiger partial charge in [0, 0.05) is 66.4 Å². The number of hydrogen-bond acceptors (Lipinski definition) is 7. The summed E-state index contributed by atoms with van der Waals surface area (Å²) in [6.07, 6.45) is 1.16. The zero-order valence-electron chi connectivity index (χ0n) is 26.6. The molecule has 1 aliphatic heterocycles. The molecule has 1 fully saturated rings. The summed E-state index contributed by atoms with van der Waals surface area (Å²) in [6, 6.07) is 25.3. The summed E-state index contributed by atoms with van der Waals surface area (Å²) in [6.45, 7) is 4.59. The number of fused-ring (bicyclic) bond motifs is 2. The Morgan fingerprint density at radius 2 is 1.70 bits per heavy atom. The number of ether oxygens (including phenoxy) is 1. The Labute approximate surface area is 273 Å². The van der Waals surface area contributed by atoms with E-state index < -0.39 is 10.0 Å². The summed E-state index contributed by atoms with van der Waals surface area (Å²) in [5.74, 6) is 0.0848. The summed E-state index contributed by atoms with van der Waals surface area (Å²) in [5.41, 5.74) is 7.47. The minimum Gasteiger partial charge on any atom is -0.455 e. The molecule has 7 rings (SSSR count). The maximum atomic E-state index is 13.4. The van der Waals surface area contributed by atoms with E-state index in [0.717, 1.165) is 39.7 Å². The van der Waals surface area contributed by atoms with Crippen LogP contribution in [0.2, 0.25) is 0 Å². The fourth-order valence-electron chi connectivity index (χ4n) is 6.04. The third kappa shape index (κ3) is 5.72. The van der Waals surface area contributed by atoms with Gasteiger partial charge in [0.25, 0.3) is 5.91 Å². The first kappa shape index (κ1) is 30.5. The second-order valence-corrected chi connectivity index (χ2v) is 13.8. The van der Waals surface area contributed by atoms with Gasteiger partial charge in [0.1, 0.15) is 11.3 Å². The van der Waals surface area contributed by atoms with Crippen molar-refractivity contribution in [1.82, 2.24) is 15.3 Å². The summed E-state index contributed by atoms with van der Waals surface area (Å²) < 4.78 is 39.2. The van der Waals surface area contributed by atoms with Gasteiger partial charge in [-0.2, -0.15) is 0 Å². The van der Waals surface area contributed by atoms with Gasteiger partial charge in [-0.15, -0.1) is 0 Å². The van der Waals surface area contributed by atoms with Crippen molar-refractivity contribution in [2.24, 2.45) is 0 Å². The van der Waals surface area contributed by atoms with E-state index >= 15 is 0 Å². The van der Waals surface area contributed by atoms with E-state index in [9.17, 15) is 13.2 Å². The number of carbonyl (C=O) groups is 1. The van der Waals surface area contributed by atoms with Gasteiger partial charge in [-0.3, -0.25) is 9.10 Å². The van der Waals surface area contributed by atoms with Crippen molar-refractivity contribution >= 4 is 49.2 Å². The summed E-state index contributed by atoms with van der Waals surface area (Å²) in [7, 11) is -0.611. The van der Waals surface area contributed by atoms with Crippen molar-refractivity contribution in [1.29, 1.82) is 0 Å². The lowest BCUT2D eigenvalue weighted by molar-refractivity contribution is 0.0964. The van der Waals surface area contributed by atoms with Gasteiger partial charge in [-0.1, -0.05) is 48.0 Å². The molecule has 4 heterocycles. The highest BCUT2D eigenvalue weighted by Crippen LogP contribution is 2.42. The molecule has 1 amide bonds. The van der Waals surface area contributed by atoms with Crippen molar-refractivity contribution in [2.75, 3.05) is 55.9 Å². The molecule has 0 bridgehead atoms. The van der Waals surface area contributed by atoms with Gasteiger partial charge in [0.05, 0.1) is 47.8 Å². The van der Waals surface area contributed by atoms with Gasteiger partial charge in [0.2, 0.25) is 10.0 Å². The Kier molecular flexibility index (Phi) is 7.73. The number of rotatable bonds is 7. The van der Waals surface area contributed by atoms with Crippen LogP contribution in [0.25, 0.3) is 55.8 Å². The van der Waals surface area contributed by atoms with E-state index in [4.69, 9.17) is 14.1 Å². The van der Waals surface area contributed by atoms with Gasteiger partial charge >= 0.3 is 0 Å². The smallest absolute Gasteiger partial charge is 0.255 e. The van der Waals surface area contributed by atoms with Crippen LogP contribution >= 0.6 is 0 Å². The molecule has 11 heteroatoms. The number of anilines is 2. The molecular formula is C36H35N5O5S. The molecule has 0 spiro atoms. The number of para-hydroxylation sites is 1. The number of aromatic amines is 1. The van der Waals surface area contributed by atoms with Crippen LogP contribution in [-0.2, 0) is 14.8 Å². The molecule has 2 N–H and O–H groups in total. The fourth-order valence-corrected chi connectivity index (χ4v) is 6.55. The van der Waals surface area contributed by atoms with Crippen molar-refractivity contribution in [3.8, 4) is 34.0 Å². The number of amides is 1. The van der Waals surface area contributed by atoms with E-state index in [1.54, 1.807) is 13.1 Å². The molecule has 47 heavy (non-hydrogen) atoms. The maximum absolute atomic E-state index is 13.4. The van der Waals surface area contributed by atoms with Crippen LogP contribution in [-0.4, -0.2) is 70.9 Å². The van der Waals surface area contributed by atoms with Crippen molar-refractivity contribution in [3.63, 3.8) is 0 Å². The number of morpholine rings is 1. The molecule has 0 saturated carbocycles. The molecule has 1 aliphatic rings. The molecule has 0 aliphatic carbocycles. The first-order valence-electron chi connectivity index (χ1n) is 15.4. The summed E-state index contributed by atoms with van der Waals surface area (Å²) >= 11 is 0. The molecule has 1 saturated heterocycles. The highest BCUT2D eigenvalue weighted by Gasteiger charge is 2.27. The second-order valence-electron chi connectivity index (χ2n) is 11.8. The summed E-state index contributed by atoms with van der Waals surface area (Å²) in [4.78, 5) is 24.3. The van der Waals surface area contributed by atoms with E-state index in [2.05, 4.69) is 21.3 Å². The molecule has 3 aromatic heterocycles. The average Bonchev–Trinajstić information content (AvgIpc) is 3.69. The highest BCUT2D eigenvalue weighted by atomic mass is 32.2. The normalized spacial score (nSPS) is 13.7. The van der Waals surface area contributed by atoms with E-state index in [1.165, 1.54) is 11.4 Å². The molecule has 0 unspecified atom stereocenters. The SMILES string of the molecule is CNC(=O)c1c(-c2ccc(C)cc2)oc2cc(N(C)S(C)(=O)=O)c(-c3cc(N4CCOCC4)cc(-c4cc5ccccc5[nH]4)n3)cc12. The molecule has 0 radical (unpaired) electrons. The van der Waals surface area contributed by atoms with Crippen LogP contribution in [0.3, 0.4) is 0 Å². The van der Waals surface area contributed by atoms with Crippen molar-refractivity contribution < 1.29 is 22.4 Å². The minimum atomic E-state index is -3.69. The topological polar surface area (TPSA) is 121 Å². The van der Waals surface area contributed by atoms with Crippen LogP contribution in [0.5, 0.6) is 0 Å². The standard InChI is InChI=1S/C36H35N5O5S/c1-22-9-11-23(12-10-22)35-34(36(42)37-2)27-20-26(32(21-33(27)46-35)40(3)47(4,43)44)29-18-25(41-13-15-45-16-14-41)19-31(39-29)30-17-24-7-5-6-8-28(24)38-30/h5-12,17-21,38H,13-16H2,1-4H3,(H,37,42). The Bertz CT molecular complexity index is 2220. The number of benzene rings is 3. The van der Waals surface area contributed by atoms with Crippen LogP contribution < -0.4 is 14.5 Å². The number of carbonyl (C=O) groups excluding carboxylic acids is 1. The Hall–Kier alpha value is -5.13. The van der Waals surface area contributed by atoms with Gasteiger partial charge in [-0.05, 0) is 37.3 Å². The number of aromatic nitrogens is 2. The molecule has 6 aromatic rings. The number of pyridine rings is 1. The quantitative estimate of drug-likeness (QED) is 0.211. The molecule has 10 nitrogen and oxygen atoms in total. The first-order valence-corrected chi connectivity index (χ1v) is 17.2. The number of nitrogens with one attached hydrogen (secondary N) is 2. The predicted molar refractivity (Wildman–Crippen MR) is 187 cm³/mol. The van der Waals surface area contributed by atoms with Gasteiger partial charge in [0.15, 0.2) is 0 Å². The lowest BCUT2D eigenvalue weighted by Gasteiger charge is -2.29. The Morgan fingerprint density at radius 1 is 0.979 bits per heavy atom. The number of sulfonamides is 1. The number of hydrogen-bond donors (Lipinski definition) is 2. The Morgan fingerprint density at radius 3 is 2.40 bits per heavy atom. The van der Waals surface area contributed by atoms with Crippen molar-refractivity contribution in [3.05, 3.63) is 90.0 Å². The maximum Gasteiger partial charge on any atom is 0.255 e. The highest BCUT2D eigenvalue weighted by molar-refractivity contribution is 7.92. The molecule has 240 valence electrons. The number of nitrogens with zero attached hydrogens (tertiary/aromatic N) is 3. The number of furan rings is 1. The predicted octanol–water partition coefficient (Wildman–Crippen LogP) is 6.21. The van der Waals surface area contributed by atoms with Crippen molar-refractivity contribution in [2.45, 2.75) is 6.92 Å². The zero-order chi connectivity index (χ0) is 32.9. The van der Waals surface area contributed by atoms with E-state index in [0.29, 0.717) is 71.2 Å². The lowest BCUT2D eigenvalue weighted by Crippen LogP contribution is -2.36. The molecular weight excluding hydrogens is 614 g/mol. The van der Waals surface area contributed by atoms with Crippen LogP contribution in [0, 0.1) is 6.92 Å². The van der Waals surface area contributed by atoms with E-state index in [-0.39, 0.29) is 5.91 Å². The van der Waals surface area contributed by atoms with Crippen LogP contribution in [0.4, 0.5) is 11.4 Å². The molecule has 3 aromatic carbocycles. The van der Waals surface area contributed by atoms with Crippen LogP contribution in [0.1, 0.15) is 15.9 Å². The third-order valence-corrected chi connectivity index (χ3v) is 9.87. The summed E-state index contributed by atoms with van der Waals surface area (Å²) in [5, 5.41) is 4.36. The van der Waals surface area contributed by atoms with Gasteiger partial charge < -0.3 is 24.4 Å². The largest absolute Gasteiger partial charge is 0.455 e. The Balaban J connectivity index is 1.51. The third-order valence-electron chi connectivity index (χ3n) is 8.68. The zero-order valence-corrected chi connectivity index (χ0v) is 27.4. The number of H-pyrrole nitrogens is 1. The van der Waals surface area contributed by atoms with Gasteiger partial charge in [-0.25, -0.2) is 13.4 Å². The lowest BCUT2D eigenvalue weighted by atomic mass is 10.00. The molecule has 0 atom stereocenters. The second kappa shape index (κ2) is 11.9. The van der Waals surface area contributed by atoms with E-state index in [1.807, 2.05) is 73.7 Å². The fraction of sp³-hybridized carbons (Fsp3) is 0.222. The number of aryl methyl sites for hydroxylation is 1. The minimum absolute atomic E-state index is 0.316. The first-order chi connectivity index (χ1) is 22.6. The monoisotopic (exact) mass is 649 g/mol. The van der Waals surface area contributed by atoms with Crippen LogP contribution in [0.15, 0.2) is 83.3 Å².